The smallest absolute Gasteiger partial charge is 0.351 e. The number of amides is 1. The summed E-state index contributed by atoms with van der Waals surface area (Å²) in [5.74, 6) is -1.33. The number of nitrogens with one attached hydrogen (secondary N) is 1. The van der Waals surface area contributed by atoms with Crippen LogP contribution in [0.1, 0.15) is 40.8 Å². The zero-order valence-corrected chi connectivity index (χ0v) is 17.1. The van der Waals surface area contributed by atoms with Gasteiger partial charge in [0.05, 0.1) is 11.7 Å². The molecule has 1 N–H and O–H groups in total. The fraction of sp³-hybridized carbons (Fsp3) is 0.227. The molecule has 0 fully saturated rings. The predicted molar refractivity (Wildman–Crippen MR) is 110 cm³/mol. The van der Waals surface area contributed by atoms with E-state index in [4.69, 9.17) is 4.74 Å². The second kappa shape index (κ2) is 8.96. The van der Waals surface area contributed by atoms with Gasteiger partial charge in [-0.2, -0.15) is 0 Å². The molecule has 0 bridgehead atoms. The zero-order valence-electron chi connectivity index (χ0n) is 16.3. The fourth-order valence-corrected chi connectivity index (χ4v) is 3.68. The molecule has 2 atom stereocenters. The number of aromatic nitrogens is 1. The summed E-state index contributed by atoms with van der Waals surface area (Å²) in [5.41, 5.74) is 2.17. The summed E-state index contributed by atoms with van der Waals surface area (Å²) >= 11 is 1.15. The number of hydrogen-bond acceptors (Lipinski definition) is 5. The van der Waals surface area contributed by atoms with Crippen molar-refractivity contribution < 1.29 is 18.7 Å². The van der Waals surface area contributed by atoms with Crippen molar-refractivity contribution in [1.82, 2.24) is 10.3 Å². The maximum atomic E-state index is 13.1. The number of aryl methyl sites for hydroxylation is 1. The molecule has 150 valence electrons. The van der Waals surface area contributed by atoms with Gasteiger partial charge in [0.15, 0.2) is 6.10 Å². The Morgan fingerprint density at radius 1 is 1.07 bits per heavy atom. The van der Waals surface area contributed by atoms with Gasteiger partial charge in [-0.3, -0.25) is 4.79 Å². The molecule has 0 spiro atoms. The van der Waals surface area contributed by atoms with Gasteiger partial charge in [-0.25, -0.2) is 14.2 Å². The lowest BCUT2D eigenvalue weighted by atomic mass is 10.1. The molecule has 3 aromatic rings. The van der Waals surface area contributed by atoms with Crippen LogP contribution in [0.3, 0.4) is 0 Å². The summed E-state index contributed by atoms with van der Waals surface area (Å²) in [6.07, 6.45) is -0.954. The number of ether oxygens (including phenoxy) is 1. The van der Waals surface area contributed by atoms with Crippen LogP contribution in [0.25, 0.3) is 10.6 Å². The molecule has 0 saturated heterocycles. The van der Waals surface area contributed by atoms with Crippen molar-refractivity contribution in [2.75, 3.05) is 0 Å². The second-order valence-electron chi connectivity index (χ2n) is 6.63. The Balaban J connectivity index is 1.65. The Kier molecular flexibility index (Phi) is 6.39. The first-order valence-corrected chi connectivity index (χ1v) is 9.96. The molecule has 0 radical (unpaired) electrons. The first-order valence-electron chi connectivity index (χ1n) is 9.15. The van der Waals surface area contributed by atoms with Crippen LogP contribution in [0, 0.1) is 12.7 Å². The van der Waals surface area contributed by atoms with Gasteiger partial charge in [0.1, 0.15) is 15.7 Å². The maximum Gasteiger partial charge on any atom is 0.351 e. The van der Waals surface area contributed by atoms with Gasteiger partial charge < -0.3 is 10.1 Å². The third-order valence-corrected chi connectivity index (χ3v) is 5.57. The summed E-state index contributed by atoms with van der Waals surface area (Å²) in [7, 11) is 0. The van der Waals surface area contributed by atoms with Crippen molar-refractivity contribution in [2.45, 2.75) is 32.9 Å². The SMILES string of the molecule is Cc1nc(-c2ccc(F)cc2)sc1C(=O)OC(C)C(=O)NC(C)c1ccccc1. The van der Waals surface area contributed by atoms with Gasteiger partial charge in [-0.1, -0.05) is 30.3 Å². The number of carbonyl (C=O) groups is 2. The molecule has 2 aromatic carbocycles. The molecule has 0 saturated carbocycles. The summed E-state index contributed by atoms with van der Waals surface area (Å²) in [6, 6.07) is 15.2. The van der Waals surface area contributed by atoms with Crippen LogP contribution in [0.15, 0.2) is 54.6 Å². The monoisotopic (exact) mass is 412 g/mol. The molecule has 29 heavy (non-hydrogen) atoms. The molecule has 1 heterocycles. The Morgan fingerprint density at radius 2 is 1.72 bits per heavy atom. The fourth-order valence-electron chi connectivity index (χ4n) is 2.73. The molecule has 0 aliphatic heterocycles. The van der Waals surface area contributed by atoms with E-state index in [1.807, 2.05) is 37.3 Å². The van der Waals surface area contributed by atoms with Crippen molar-refractivity contribution in [3.8, 4) is 10.6 Å². The highest BCUT2D eigenvalue weighted by Gasteiger charge is 2.24. The Hall–Kier alpha value is -3.06. The Labute approximate surface area is 172 Å². The average molecular weight is 412 g/mol. The number of rotatable bonds is 6. The molecule has 5 nitrogen and oxygen atoms in total. The van der Waals surface area contributed by atoms with Crippen LogP contribution in [-0.4, -0.2) is 23.0 Å². The van der Waals surface area contributed by atoms with Crippen molar-refractivity contribution in [3.63, 3.8) is 0 Å². The Morgan fingerprint density at radius 3 is 2.38 bits per heavy atom. The summed E-state index contributed by atoms with van der Waals surface area (Å²) in [4.78, 5) is 29.6. The molecular formula is C22H21FN2O3S. The number of esters is 1. The van der Waals surface area contributed by atoms with Crippen LogP contribution in [0.2, 0.25) is 0 Å². The number of hydrogen-bond donors (Lipinski definition) is 1. The van der Waals surface area contributed by atoms with E-state index in [1.165, 1.54) is 19.1 Å². The number of nitrogens with zero attached hydrogens (tertiary/aromatic N) is 1. The number of halogens is 1. The maximum absolute atomic E-state index is 13.1. The predicted octanol–water partition coefficient (Wildman–Crippen LogP) is 4.68. The number of carbonyl (C=O) groups excluding carboxylic acids is 2. The van der Waals surface area contributed by atoms with Crippen molar-refractivity contribution in [2.24, 2.45) is 0 Å². The first kappa shape index (κ1) is 20.7. The lowest BCUT2D eigenvalue weighted by Crippen LogP contribution is -2.37. The van der Waals surface area contributed by atoms with Crippen molar-refractivity contribution >= 4 is 23.2 Å². The van der Waals surface area contributed by atoms with Gasteiger partial charge in [-0.15, -0.1) is 11.3 Å². The van der Waals surface area contributed by atoms with Crippen LogP contribution in [0.4, 0.5) is 4.39 Å². The van der Waals surface area contributed by atoms with Gasteiger partial charge in [0, 0.05) is 5.56 Å². The number of benzene rings is 2. The molecule has 1 amide bonds. The summed E-state index contributed by atoms with van der Waals surface area (Å²) in [6.45, 7) is 5.09. The third kappa shape index (κ3) is 5.06. The van der Waals surface area contributed by atoms with Gasteiger partial charge in [0.25, 0.3) is 5.91 Å². The first-order chi connectivity index (χ1) is 13.8. The topological polar surface area (TPSA) is 68.3 Å². The third-order valence-electron chi connectivity index (χ3n) is 4.38. The van der Waals surface area contributed by atoms with E-state index >= 15 is 0 Å². The standard InChI is InChI=1S/C22H21FN2O3S/c1-13(16-7-5-4-6-8-16)24-20(26)15(3)28-22(27)19-14(2)25-21(29-19)17-9-11-18(23)12-10-17/h4-13,15H,1-3H3,(H,24,26). The molecule has 0 aliphatic carbocycles. The van der Waals surface area contributed by atoms with E-state index in [0.29, 0.717) is 21.1 Å². The Bertz CT molecular complexity index is 1000. The molecule has 7 heteroatoms. The second-order valence-corrected chi connectivity index (χ2v) is 7.63. The van der Waals surface area contributed by atoms with E-state index in [-0.39, 0.29) is 17.8 Å². The molecule has 0 aliphatic rings. The molecule has 2 unspecified atom stereocenters. The lowest BCUT2D eigenvalue weighted by Gasteiger charge is -2.18. The molecular weight excluding hydrogens is 391 g/mol. The normalized spacial score (nSPS) is 12.8. The van der Waals surface area contributed by atoms with Gasteiger partial charge >= 0.3 is 5.97 Å². The molecule has 3 rings (SSSR count). The van der Waals surface area contributed by atoms with Crippen molar-refractivity contribution in [1.29, 1.82) is 0 Å². The largest absolute Gasteiger partial charge is 0.448 e. The quantitative estimate of drug-likeness (QED) is 0.597. The number of thiazole rings is 1. The minimum absolute atomic E-state index is 0.208. The van der Waals surface area contributed by atoms with Crippen LogP contribution in [-0.2, 0) is 9.53 Å². The van der Waals surface area contributed by atoms with Gasteiger partial charge in [-0.05, 0) is 50.6 Å². The van der Waals surface area contributed by atoms with Crippen molar-refractivity contribution in [3.05, 3.63) is 76.5 Å². The minimum Gasteiger partial charge on any atom is -0.448 e. The van der Waals surface area contributed by atoms with Crippen LogP contribution < -0.4 is 5.32 Å². The van der Waals surface area contributed by atoms with Crippen LogP contribution in [0.5, 0.6) is 0 Å². The molecule has 1 aromatic heterocycles. The van der Waals surface area contributed by atoms with E-state index in [9.17, 15) is 14.0 Å². The summed E-state index contributed by atoms with van der Waals surface area (Å²) < 4.78 is 18.4. The van der Waals surface area contributed by atoms with E-state index in [1.54, 1.807) is 19.1 Å². The van der Waals surface area contributed by atoms with E-state index in [2.05, 4.69) is 10.3 Å². The summed E-state index contributed by atoms with van der Waals surface area (Å²) in [5, 5.41) is 3.43. The highest BCUT2D eigenvalue weighted by Crippen LogP contribution is 2.28. The van der Waals surface area contributed by atoms with E-state index < -0.39 is 12.1 Å². The average Bonchev–Trinajstić information content (AvgIpc) is 3.10. The zero-order chi connectivity index (χ0) is 21.0. The highest BCUT2D eigenvalue weighted by molar-refractivity contribution is 7.17. The highest BCUT2D eigenvalue weighted by atomic mass is 32.1. The lowest BCUT2D eigenvalue weighted by molar-refractivity contribution is -0.129. The van der Waals surface area contributed by atoms with E-state index in [0.717, 1.165) is 16.9 Å². The van der Waals surface area contributed by atoms with Gasteiger partial charge in [0.2, 0.25) is 0 Å². The van der Waals surface area contributed by atoms with Crippen LogP contribution >= 0.6 is 11.3 Å². The minimum atomic E-state index is -0.954.